The second-order valence-corrected chi connectivity index (χ2v) is 6.41. The molecule has 1 N–H and O–H groups in total. The summed E-state index contributed by atoms with van der Waals surface area (Å²) >= 11 is 3.44. The molecule has 0 unspecified atom stereocenters. The number of hydrogen-bond acceptors (Lipinski definition) is 3. The first-order chi connectivity index (χ1) is 8.78. The van der Waals surface area contributed by atoms with Gasteiger partial charge in [0.25, 0.3) is 0 Å². The Morgan fingerprint density at radius 2 is 2.17 bits per heavy atom. The Morgan fingerprint density at radius 3 is 2.89 bits per heavy atom. The van der Waals surface area contributed by atoms with Crippen LogP contribution in [0.5, 0.6) is 0 Å². The Kier molecular flexibility index (Phi) is 3.68. The fraction of sp³-hybridized carbons (Fsp3) is 0.643. The highest BCUT2D eigenvalue weighted by atomic mass is 79.9. The van der Waals surface area contributed by atoms with Gasteiger partial charge in [-0.1, -0.05) is 12.8 Å². The van der Waals surface area contributed by atoms with E-state index in [1.165, 1.54) is 31.4 Å². The van der Waals surface area contributed by atoms with E-state index in [9.17, 15) is 0 Å². The molecule has 2 heterocycles. The molecule has 0 radical (unpaired) electrons. The Balaban J connectivity index is 1.75. The summed E-state index contributed by atoms with van der Waals surface area (Å²) in [6, 6.07) is 4.22. The molecule has 0 amide bonds. The van der Waals surface area contributed by atoms with Gasteiger partial charge in [-0.25, -0.2) is 0 Å². The molecule has 1 saturated heterocycles. The van der Waals surface area contributed by atoms with Crippen molar-refractivity contribution >= 4 is 15.9 Å². The zero-order valence-corrected chi connectivity index (χ0v) is 12.2. The van der Waals surface area contributed by atoms with Crippen LogP contribution in [0.15, 0.2) is 22.8 Å². The number of rotatable bonds is 2. The first-order valence-electron chi connectivity index (χ1n) is 6.85. The first-order valence-corrected chi connectivity index (χ1v) is 7.64. The molecular formula is C14H20BrN3. The summed E-state index contributed by atoms with van der Waals surface area (Å²) in [4.78, 5) is 7.18. The third-order valence-electron chi connectivity index (χ3n) is 4.36. The molecule has 3 rings (SSSR count). The number of piperazine rings is 1. The molecule has 2 fully saturated rings. The van der Waals surface area contributed by atoms with Crippen molar-refractivity contribution in [3.63, 3.8) is 0 Å². The first kappa shape index (κ1) is 12.6. The van der Waals surface area contributed by atoms with E-state index in [1.807, 2.05) is 6.20 Å². The summed E-state index contributed by atoms with van der Waals surface area (Å²) in [6.07, 6.45) is 7.35. The van der Waals surface area contributed by atoms with Crippen LogP contribution in [-0.2, 0) is 6.54 Å². The van der Waals surface area contributed by atoms with Gasteiger partial charge in [0, 0.05) is 42.4 Å². The predicted octanol–water partition coefficient (Wildman–Crippen LogP) is 2.56. The minimum atomic E-state index is 0.410. The molecule has 0 aromatic carbocycles. The molecule has 1 aromatic heterocycles. The van der Waals surface area contributed by atoms with Crippen LogP contribution in [0.2, 0.25) is 0 Å². The quantitative estimate of drug-likeness (QED) is 0.910. The molecule has 18 heavy (non-hydrogen) atoms. The van der Waals surface area contributed by atoms with Crippen LogP contribution in [0.3, 0.4) is 0 Å². The number of hydrogen-bond donors (Lipinski definition) is 1. The van der Waals surface area contributed by atoms with Gasteiger partial charge in [0.15, 0.2) is 0 Å². The van der Waals surface area contributed by atoms with Crippen molar-refractivity contribution < 1.29 is 0 Å². The molecule has 4 heteroatoms. The molecule has 2 aliphatic rings. The van der Waals surface area contributed by atoms with Crippen LogP contribution in [0.1, 0.15) is 31.4 Å². The molecule has 1 aliphatic carbocycles. The van der Waals surface area contributed by atoms with Crippen molar-refractivity contribution in [3.05, 3.63) is 28.5 Å². The smallest absolute Gasteiger partial charge is 0.0545 e. The zero-order valence-electron chi connectivity index (χ0n) is 10.7. The van der Waals surface area contributed by atoms with E-state index in [4.69, 9.17) is 0 Å². The highest BCUT2D eigenvalue weighted by Crippen LogP contribution is 2.36. The highest BCUT2D eigenvalue weighted by Gasteiger charge is 2.40. The lowest BCUT2D eigenvalue weighted by atomic mass is 9.92. The second-order valence-electron chi connectivity index (χ2n) is 5.50. The van der Waals surface area contributed by atoms with Gasteiger partial charge in [0.1, 0.15) is 0 Å². The van der Waals surface area contributed by atoms with Crippen molar-refractivity contribution in [2.45, 2.75) is 37.8 Å². The zero-order chi connectivity index (χ0) is 12.4. The van der Waals surface area contributed by atoms with Crippen LogP contribution >= 0.6 is 15.9 Å². The highest BCUT2D eigenvalue weighted by molar-refractivity contribution is 9.10. The third-order valence-corrected chi connectivity index (χ3v) is 4.83. The minimum Gasteiger partial charge on any atom is -0.314 e. The van der Waals surface area contributed by atoms with Crippen LogP contribution in [0.25, 0.3) is 0 Å². The summed E-state index contributed by atoms with van der Waals surface area (Å²) in [5.41, 5.74) is 1.60. The molecule has 98 valence electrons. The van der Waals surface area contributed by atoms with Gasteiger partial charge in [-0.2, -0.15) is 0 Å². The lowest BCUT2D eigenvalue weighted by molar-refractivity contribution is 0.0561. The lowest BCUT2D eigenvalue weighted by Gasteiger charge is -2.45. The van der Waals surface area contributed by atoms with Gasteiger partial charge < -0.3 is 5.32 Å². The average Bonchev–Trinajstić information content (AvgIpc) is 2.84. The Hall–Kier alpha value is -0.450. The number of nitrogens with zero attached hydrogens (tertiary/aromatic N) is 2. The largest absolute Gasteiger partial charge is 0.314 e. The van der Waals surface area contributed by atoms with Crippen molar-refractivity contribution in [2.24, 2.45) is 0 Å². The maximum Gasteiger partial charge on any atom is 0.0545 e. The molecule has 0 bridgehead atoms. The van der Waals surface area contributed by atoms with E-state index in [0.717, 1.165) is 30.7 Å². The van der Waals surface area contributed by atoms with E-state index >= 15 is 0 Å². The Labute approximate surface area is 117 Å². The summed E-state index contributed by atoms with van der Waals surface area (Å²) in [5, 5.41) is 3.57. The SMILES string of the molecule is Brc1ccc(CN2CCNCC23CCCC3)nc1. The fourth-order valence-corrected chi connectivity index (χ4v) is 3.59. The lowest BCUT2D eigenvalue weighted by Crippen LogP contribution is -2.59. The molecule has 1 spiro atoms. The summed E-state index contributed by atoms with van der Waals surface area (Å²) < 4.78 is 1.06. The standard InChI is InChI=1S/C14H20BrN3/c15-12-3-4-13(17-9-12)10-18-8-7-16-11-14(18)5-1-2-6-14/h3-4,9,16H,1-2,5-8,10-11H2. The predicted molar refractivity (Wildman–Crippen MR) is 76.4 cm³/mol. The van der Waals surface area contributed by atoms with Gasteiger partial charge in [0.05, 0.1) is 5.69 Å². The van der Waals surface area contributed by atoms with Crippen LogP contribution in [0.4, 0.5) is 0 Å². The monoisotopic (exact) mass is 309 g/mol. The molecule has 3 nitrogen and oxygen atoms in total. The normalized spacial score (nSPS) is 23.6. The van der Waals surface area contributed by atoms with Crippen LogP contribution in [0, 0.1) is 0 Å². The van der Waals surface area contributed by atoms with Gasteiger partial charge in [0.2, 0.25) is 0 Å². The third kappa shape index (κ3) is 2.46. The molecule has 1 aliphatic heterocycles. The number of pyridine rings is 1. The number of aromatic nitrogens is 1. The van der Waals surface area contributed by atoms with Crippen molar-refractivity contribution in [1.82, 2.24) is 15.2 Å². The maximum atomic E-state index is 4.52. The van der Waals surface area contributed by atoms with Crippen molar-refractivity contribution in [1.29, 1.82) is 0 Å². The van der Waals surface area contributed by atoms with E-state index in [0.29, 0.717) is 5.54 Å². The van der Waals surface area contributed by atoms with E-state index in [2.05, 4.69) is 43.3 Å². The van der Waals surface area contributed by atoms with Gasteiger partial charge in [-0.05, 0) is 40.9 Å². The average molecular weight is 310 g/mol. The van der Waals surface area contributed by atoms with Crippen LogP contribution in [-0.4, -0.2) is 35.1 Å². The van der Waals surface area contributed by atoms with Crippen molar-refractivity contribution in [3.8, 4) is 0 Å². The van der Waals surface area contributed by atoms with E-state index < -0.39 is 0 Å². The topological polar surface area (TPSA) is 28.2 Å². The van der Waals surface area contributed by atoms with Crippen LogP contribution < -0.4 is 5.32 Å². The number of halogens is 1. The van der Waals surface area contributed by atoms with Gasteiger partial charge in [-0.15, -0.1) is 0 Å². The minimum absolute atomic E-state index is 0.410. The molecule has 1 aromatic rings. The second kappa shape index (κ2) is 5.27. The maximum absolute atomic E-state index is 4.52. The van der Waals surface area contributed by atoms with Gasteiger partial charge >= 0.3 is 0 Å². The molecule has 0 atom stereocenters. The number of nitrogens with one attached hydrogen (secondary N) is 1. The fourth-order valence-electron chi connectivity index (χ4n) is 3.35. The Bertz CT molecular complexity index is 398. The molecule has 1 saturated carbocycles. The summed E-state index contributed by atoms with van der Waals surface area (Å²) in [6.45, 7) is 4.41. The van der Waals surface area contributed by atoms with E-state index in [1.54, 1.807) is 0 Å². The van der Waals surface area contributed by atoms with E-state index in [-0.39, 0.29) is 0 Å². The van der Waals surface area contributed by atoms with Crippen molar-refractivity contribution in [2.75, 3.05) is 19.6 Å². The van der Waals surface area contributed by atoms with Gasteiger partial charge in [-0.3, -0.25) is 9.88 Å². The summed E-state index contributed by atoms with van der Waals surface area (Å²) in [7, 11) is 0. The summed E-state index contributed by atoms with van der Waals surface area (Å²) in [5.74, 6) is 0. The Morgan fingerprint density at radius 1 is 1.33 bits per heavy atom. The molecular weight excluding hydrogens is 290 g/mol.